The van der Waals surface area contributed by atoms with E-state index in [4.69, 9.17) is 9.47 Å². The Labute approximate surface area is 94.5 Å². The average molecular weight is 217 g/mol. The highest BCUT2D eigenvalue weighted by molar-refractivity contribution is 4.64. The molecule has 15 heavy (non-hydrogen) atoms. The number of hydrogen-bond donors (Lipinski definition) is 1. The summed E-state index contributed by atoms with van der Waals surface area (Å²) in [6, 6.07) is 0.431. The fourth-order valence-electron chi connectivity index (χ4n) is 1.35. The van der Waals surface area contributed by atoms with E-state index in [0.29, 0.717) is 12.1 Å². The molecule has 0 fully saturated rings. The maximum atomic E-state index is 5.54. The lowest BCUT2D eigenvalue weighted by Gasteiger charge is -2.18. The molecule has 3 heteroatoms. The van der Waals surface area contributed by atoms with Crippen molar-refractivity contribution in [2.75, 3.05) is 26.4 Å². The fourth-order valence-corrected chi connectivity index (χ4v) is 1.35. The van der Waals surface area contributed by atoms with E-state index in [1.165, 1.54) is 0 Å². The van der Waals surface area contributed by atoms with Gasteiger partial charge in [0, 0.05) is 19.3 Å². The van der Waals surface area contributed by atoms with E-state index in [-0.39, 0.29) is 0 Å². The van der Waals surface area contributed by atoms with Crippen LogP contribution in [0.2, 0.25) is 0 Å². The van der Waals surface area contributed by atoms with Crippen LogP contribution in [0.15, 0.2) is 0 Å². The van der Waals surface area contributed by atoms with Gasteiger partial charge in [0.1, 0.15) is 0 Å². The molecule has 92 valence electrons. The minimum absolute atomic E-state index is 0.323. The second-order valence-corrected chi connectivity index (χ2v) is 4.04. The van der Waals surface area contributed by atoms with Crippen molar-refractivity contribution in [3.63, 3.8) is 0 Å². The Morgan fingerprint density at radius 1 is 1.13 bits per heavy atom. The summed E-state index contributed by atoms with van der Waals surface area (Å²) < 4.78 is 11.1. The zero-order valence-electron chi connectivity index (χ0n) is 10.7. The molecule has 0 amide bonds. The third-order valence-electron chi connectivity index (χ3n) is 2.08. The van der Waals surface area contributed by atoms with E-state index in [2.05, 4.69) is 33.0 Å². The van der Waals surface area contributed by atoms with Gasteiger partial charge in [0.15, 0.2) is 0 Å². The van der Waals surface area contributed by atoms with E-state index < -0.39 is 0 Å². The van der Waals surface area contributed by atoms with Gasteiger partial charge < -0.3 is 14.8 Å². The van der Waals surface area contributed by atoms with Gasteiger partial charge in [0.25, 0.3) is 0 Å². The van der Waals surface area contributed by atoms with Crippen molar-refractivity contribution in [3.8, 4) is 0 Å². The average Bonchev–Trinajstić information content (AvgIpc) is 2.17. The van der Waals surface area contributed by atoms with Gasteiger partial charge in [0.05, 0.1) is 12.7 Å². The Hall–Kier alpha value is -0.120. The molecule has 0 aliphatic heterocycles. The first kappa shape index (κ1) is 14.9. The van der Waals surface area contributed by atoms with Crippen molar-refractivity contribution in [2.24, 2.45) is 0 Å². The molecule has 0 saturated heterocycles. The third kappa shape index (κ3) is 10.2. The monoisotopic (exact) mass is 217 g/mol. The van der Waals surface area contributed by atoms with Crippen molar-refractivity contribution in [2.45, 2.75) is 52.7 Å². The van der Waals surface area contributed by atoms with Crippen LogP contribution in [0.5, 0.6) is 0 Å². The molecule has 0 aromatic rings. The van der Waals surface area contributed by atoms with Gasteiger partial charge in [-0.25, -0.2) is 0 Å². The molecule has 0 aliphatic rings. The maximum absolute atomic E-state index is 5.54. The summed E-state index contributed by atoms with van der Waals surface area (Å²) in [5.41, 5.74) is 0. The summed E-state index contributed by atoms with van der Waals surface area (Å²) in [4.78, 5) is 0. The summed E-state index contributed by atoms with van der Waals surface area (Å²) in [5, 5.41) is 3.41. The van der Waals surface area contributed by atoms with Gasteiger partial charge in [-0.05, 0) is 33.2 Å². The Kier molecular flexibility index (Phi) is 10.3. The van der Waals surface area contributed by atoms with Crippen molar-refractivity contribution < 1.29 is 9.47 Å². The SMILES string of the molecule is CCCOCC(CCOC(C)C)NCC. The van der Waals surface area contributed by atoms with Crippen LogP contribution in [0.1, 0.15) is 40.5 Å². The van der Waals surface area contributed by atoms with Crippen LogP contribution < -0.4 is 5.32 Å². The Balaban J connectivity index is 3.53. The molecule has 1 N–H and O–H groups in total. The first-order valence-corrected chi connectivity index (χ1v) is 6.13. The first-order valence-electron chi connectivity index (χ1n) is 6.13. The van der Waals surface area contributed by atoms with Gasteiger partial charge >= 0.3 is 0 Å². The molecular weight excluding hydrogens is 190 g/mol. The van der Waals surface area contributed by atoms with Gasteiger partial charge in [-0.1, -0.05) is 13.8 Å². The van der Waals surface area contributed by atoms with Crippen molar-refractivity contribution >= 4 is 0 Å². The summed E-state index contributed by atoms with van der Waals surface area (Å²) in [6.07, 6.45) is 2.43. The highest BCUT2D eigenvalue weighted by Crippen LogP contribution is 1.97. The Morgan fingerprint density at radius 3 is 2.40 bits per heavy atom. The van der Waals surface area contributed by atoms with Crippen LogP contribution in [0.25, 0.3) is 0 Å². The third-order valence-corrected chi connectivity index (χ3v) is 2.08. The minimum Gasteiger partial charge on any atom is -0.380 e. The maximum Gasteiger partial charge on any atom is 0.0620 e. The molecule has 0 radical (unpaired) electrons. The van der Waals surface area contributed by atoms with Crippen LogP contribution in [0.3, 0.4) is 0 Å². The number of ether oxygens (including phenoxy) is 2. The molecule has 0 heterocycles. The molecule has 0 bridgehead atoms. The van der Waals surface area contributed by atoms with Crippen LogP contribution in [0, 0.1) is 0 Å². The van der Waals surface area contributed by atoms with Crippen molar-refractivity contribution in [1.29, 1.82) is 0 Å². The van der Waals surface area contributed by atoms with E-state index in [9.17, 15) is 0 Å². The molecule has 0 rings (SSSR count). The second-order valence-electron chi connectivity index (χ2n) is 4.04. The second kappa shape index (κ2) is 10.4. The smallest absolute Gasteiger partial charge is 0.0620 e. The summed E-state index contributed by atoms with van der Waals surface area (Å²) in [5.74, 6) is 0. The topological polar surface area (TPSA) is 30.5 Å². The zero-order valence-corrected chi connectivity index (χ0v) is 10.7. The van der Waals surface area contributed by atoms with Gasteiger partial charge in [-0.3, -0.25) is 0 Å². The number of hydrogen-bond acceptors (Lipinski definition) is 3. The van der Waals surface area contributed by atoms with Crippen LogP contribution in [-0.4, -0.2) is 38.5 Å². The lowest BCUT2D eigenvalue weighted by molar-refractivity contribution is 0.0554. The lowest BCUT2D eigenvalue weighted by atomic mass is 10.2. The molecule has 1 unspecified atom stereocenters. The molecule has 3 nitrogen and oxygen atoms in total. The predicted octanol–water partition coefficient (Wildman–Crippen LogP) is 2.21. The van der Waals surface area contributed by atoms with Crippen LogP contribution in [-0.2, 0) is 9.47 Å². The Morgan fingerprint density at radius 2 is 1.87 bits per heavy atom. The molecule has 0 saturated carbocycles. The van der Waals surface area contributed by atoms with Gasteiger partial charge in [-0.15, -0.1) is 0 Å². The van der Waals surface area contributed by atoms with E-state index in [1.54, 1.807) is 0 Å². The van der Waals surface area contributed by atoms with E-state index in [1.807, 2.05) is 0 Å². The lowest BCUT2D eigenvalue weighted by Crippen LogP contribution is -2.34. The molecule has 0 aromatic carbocycles. The normalized spacial score (nSPS) is 13.4. The van der Waals surface area contributed by atoms with Crippen molar-refractivity contribution in [1.82, 2.24) is 5.32 Å². The number of rotatable bonds is 10. The highest BCUT2D eigenvalue weighted by atomic mass is 16.5. The largest absolute Gasteiger partial charge is 0.380 e. The number of likely N-dealkylation sites (N-methyl/N-ethyl adjacent to an activating group) is 1. The highest BCUT2D eigenvalue weighted by Gasteiger charge is 2.07. The number of nitrogens with one attached hydrogen (secondary N) is 1. The van der Waals surface area contributed by atoms with Crippen LogP contribution >= 0.6 is 0 Å². The van der Waals surface area contributed by atoms with E-state index in [0.717, 1.165) is 39.2 Å². The first-order chi connectivity index (χ1) is 7.20. The Bertz CT molecular complexity index is 129. The summed E-state index contributed by atoms with van der Waals surface area (Å²) in [7, 11) is 0. The predicted molar refractivity (Wildman–Crippen MR) is 64.3 cm³/mol. The summed E-state index contributed by atoms with van der Waals surface area (Å²) in [6.45, 7) is 11.8. The standard InChI is InChI=1S/C12H27NO2/c1-5-8-14-10-12(13-6-2)7-9-15-11(3)4/h11-13H,5-10H2,1-4H3. The van der Waals surface area contributed by atoms with Crippen molar-refractivity contribution in [3.05, 3.63) is 0 Å². The fraction of sp³-hybridized carbons (Fsp3) is 1.00. The minimum atomic E-state index is 0.323. The molecule has 1 atom stereocenters. The van der Waals surface area contributed by atoms with Gasteiger partial charge in [-0.2, -0.15) is 0 Å². The molecule has 0 aromatic heterocycles. The summed E-state index contributed by atoms with van der Waals surface area (Å²) >= 11 is 0. The molecule has 0 aliphatic carbocycles. The quantitative estimate of drug-likeness (QED) is 0.569. The molecular formula is C12H27NO2. The van der Waals surface area contributed by atoms with E-state index >= 15 is 0 Å². The van der Waals surface area contributed by atoms with Gasteiger partial charge in [0.2, 0.25) is 0 Å². The zero-order chi connectivity index (χ0) is 11.5. The molecule has 0 spiro atoms. The van der Waals surface area contributed by atoms with Crippen LogP contribution in [0.4, 0.5) is 0 Å².